The Kier molecular flexibility index (Phi) is 3.91. The first kappa shape index (κ1) is 15.7. The smallest absolute Gasteiger partial charge is 0.322 e. The molecule has 2 saturated heterocycles. The number of nitrogens with one attached hydrogen (secondary N) is 2. The third-order valence-electron chi connectivity index (χ3n) is 5.01. The Labute approximate surface area is 145 Å². The van der Waals surface area contributed by atoms with Crippen LogP contribution in [0.2, 0.25) is 0 Å². The van der Waals surface area contributed by atoms with Crippen molar-refractivity contribution < 1.29 is 14.0 Å². The topological polar surface area (TPSA) is 87.5 Å². The number of anilines is 1. The highest BCUT2D eigenvalue weighted by atomic mass is 16.3. The van der Waals surface area contributed by atoms with Crippen molar-refractivity contribution in [2.24, 2.45) is 5.92 Å². The molecule has 7 nitrogen and oxygen atoms in total. The summed E-state index contributed by atoms with van der Waals surface area (Å²) in [6.07, 6.45) is 4.81. The van der Waals surface area contributed by atoms with Crippen molar-refractivity contribution in [2.75, 3.05) is 18.4 Å². The molecule has 0 radical (unpaired) electrons. The summed E-state index contributed by atoms with van der Waals surface area (Å²) in [5, 5.41) is 5.81. The van der Waals surface area contributed by atoms with Gasteiger partial charge in [-0.1, -0.05) is 6.07 Å². The molecule has 3 amide bonds. The summed E-state index contributed by atoms with van der Waals surface area (Å²) in [6.45, 7) is 3.17. The maximum atomic E-state index is 12.7. The van der Waals surface area contributed by atoms with Gasteiger partial charge in [0.05, 0.1) is 18.2 Å². The molecule has 1 aromatic heterocycles. The Bertz CT molecular complexity index is 803. The van der Waals surface area contributed by atoms with Crippen molar-refractivity contribution in [1.29, 1.82) is 0 Å². The molecule has 0 unspecified atom stereocenters. The minimum atomic E-state index is -0.173. The molecule has 130 valence electrons. The summed E-state index contributed by atoms with van der Waals surface area (Å²) >= 11 is 0. The number of carbonyl (C=O) groups excluding carboxylic acids is 2. The number of urea groups is 1. The third-order valence-corrected chi connectivity index (χ3v) is 5.01. The molecule has 4 rings (SSSR count). The number of rotatable bonds is 2. The first-order chi connectivity index (χ1) is 12.1. The fourth-order valence-electron chi connectivity index (χ4n) is 3.69. The van der Waals surface area contributed by atoms with Crippen molar-refractivity contribution in [3.63, 3.8) is 0 Å². The van der Waals surface area contributed by atoms with E-state index in [4.69, 9.17) is 4.42 Å². The first-order valence-corrected chi connectivity index (χ1v) is 8.49. The second-order valence-electron chi connectivity index (χ2n) is 6.55. The van der Waals surface area contributed by atoms with E-state index in [1.165, 1.54) is 6.26 Å². The van der Waals surface area contributed by atoms with E-state index in [0.717, 1.165) is 24.0 Å². The Morgan fingerprint density at radius 1 is 1.44 bits per heavy atom. The number of hydrogen-bond acceptors (Lipinski definition) is 4. The van der Waals surface area contributed by atoms with Gasteiger partial charge in [-0.2, -0.15) is 0 Å². The number of benzene rings is 1. The fourth-order valence-corrected chi connectivity index (χ4v) is 3.69. The molecule has 3 heterocycles. The predicted octanol–water partition coefficient (Wildman–Crippen LogP) is 2.39. The molecule has 2 atom stereocenters. The number of carbonyl (C=O) groups is 2. The highest BCUT2D eigenvalue weighted by Gasteiger charge is 2.42. The van der Waals surface area contributed by atoms with Gasteiger partial charge in [-0.05, 0) is 37.5 Å². The molecule has 7 heteroatoms. The summed E-state index contributed by atoms with van der Waals surface area (Å²) in [5.74, 6) is 0.502. The number of nitrogens with zero attached hydrogens (tertiary/aromatic N) is 2. The van der Waals surface area contributed by atoms with Gasteiger partial charge in [-0.25, -0.2) is 9.78 Å². The van der Waals surface area contributed by atoms with Crippen LogP contribution in [0.5, 0.6) is 0 Å². The van der Waals surface area contributed by atoms with Crippen molar-refractivity contribution >= 4 is 17.6 Å². The monoisotopic (exact) mass is 340 g/mol. The minimum absolute atomic E-state index is 0.0575. The lowest BCUT2D eigenvalue weighted by atomic mass is 9.92. The number of hydrogen-bond donors (Lipinski definition) is 2. The van der Waals surface area contributed by atoms with Crippen molar-refractivity contribution in [3.8, 4) is 11.5 Å². The van der Waals surface area contributed by atoms with Gasteiger partial charge in [0.2, 0.25) is 11.8 Å². The molecule has 2 aliphatic heterocycles. The molecule has 2 aliphatic rings. The van der Waals surface area contributed by atoms with Crippen LogP contribution in [-0.2, 0) is 4.79 Å². The normalized spacial score (nSPS) is 22.4. The van der Waals surface area contributed by atoms with Crippen LogP contribution in [0.4, 0.5) is 10.5 Å². The quantitative estimate of drug-likeness (QED) is 0.879. The summed E-state index contributed by atoms with van der Waals surface area (Å²) in [5.41, 5.74) is 2.55. The molecule has 0 bridgehead atoms. The van der Waals surface area contributed by atoms with Gasteiger partial charge < -0.3 is 20.0 Å². The van der Waals surface area contributed by atoms with Crippen LogP contribution in [0.15, 0.2) is 35.1 Å². The second kappa shape index (κ2) is 6.23. The lowest BCUT2D eigenvalue weighted by molar-refractivity contribution is -0.123. The van der Waals surface area contributed by atoms with Crippen LogP contribution in [0.25, 0.3) is 11.5 Å². The lowest BCUT2D eigenvalue weighted by Crippen LogP contribution is -2.50. The van der Waals surface area contributed by atoms with Crippen LogP contribution in [0, 0.1) is 12.8 Å². The predicted molar refractivity (Wildman–Crippen MR) is 91.9 cm³/mol. The number of aryl methyl sites for hydroxylation is 1. The van der Waals surface area contributed by atoms with Crippen molar-refractivity contribution in [1.82, 2.24) is 15.2 Å². The molecule has 1 aromatic carbocycles. The van der Waals surface area contributed by atoms with E-state index in [1.807, 2.05) is 25.1 Å². The number of piperidine rings is 1. The number of aromatic nitrogens is 1. The summed E-state index contributed by atoms with van der Waals surface area (Å²) in [4.78, 5) is 30.5. The van der Waals surface area contributed by atoms with Gasteiger partial charge in [0.1, 0.15) is 6.26 Å². The van der Waals surface area contributed by atoms with Crippen molar-refractivity contribution in [2.45, 2.75) is 25.8 Å². The number of oxazole rings is 1. The van der Waals surface area contributed by atoms with Gasteiger partial charge in [0, 0.05) is 24.3 Å². The maximum absolute atomic E-state index is 12.7. The van der Waals surface area contributed by atoms with Crippen LogP contribution < -0.4 is 10.6 Å². The van der Waals surface area contributed by atoms with E-state index in [-0.39, 0.29) is 23.9 Å². The Morgan fingerprint density at radius 2 is 2.32 bits per heavy atom. The molecular formula is C18H20N4O3. The van der Waals surface area contributed by atoms with E-state index in [1.54, 1.807) is 11.1 Å². The molecule has 2 fully saturated rings. The first-order valence-electron chi connectivity index (χ1n) is 8.49. The summed E-state index contributed by atoms with van der Waals surface area (Å²) in [7, 11) is 0. The Hall–Kier alpha value is -2.83. The van der Waals surface area contributed by atoms with E-state index in [9.17, 15) is 9.59 Å². The van der Waals surface area contributed by atoms with E-state index >= 15 is 0 Å². The average Bonchev–Trinajstić information content (AvgIpc) is 3.27. The van der Waals surface area contributed by atoms with Gasteiger partial charge in [-0.3, -0.25) is 4.79 Å². The molecule has 0 saturated carbocycles. The van der Waals surface area contributed by atoms with Crippen molar-refractivity contribution in [3.05, 3.63) is 36.2 Å². The van der Waals surface area contributed by atoms with Gasteiger partial charge in [0.25, 0.3) is 0 Å². The van der Waals surface area contributed by atoms with Gasteiger partial charge in [0.15, 0.2) is 0 Å². The number of fused-ring (bicyclic) bond motifs is 1. The highest BCUT2D eigenvalue weighted by molar-refractivity contribution is 5.92. The fraction of sp³-hybridized carbons (Fsp3) is 0.389. The summed E-state index contributed by atoms with van der Waals surface area (Å²) < 4.78 is 5.37. The maximum Gasteiger partial charge on any atom is 0.322 e. The highest BCUT2D eigenvalue weighted by Crippen LogP contribution is 2.29. The van der Waals surface area contributed by atoms with E-state index in [2.05, 4.69) is 15.6 Å². The molecule has 2 N–H and O–H groups in total. The van der Waals surface area contributed by atoms with Gasteiger partial charge >= 0.3 is 6.03 Å². The van der Waals surface area contributed by atoms with Crippen LogP contribution in [0.1, 0.15) is 18.4 Å². The van der Waals surface area contributed by atoms with Crippen LogP contribution in [-0.4, -0.2) is 41.0 Å². The average molecular weight is 340 g/mol. The van der Waals surface area contributed by atoms with Crippen LogP contribution in [0.3, 0.4) is 0 Å². The SMILES string of the molecule is Cc1ccc(NC(=O)N2CCC[C@H]3C(=O)NC[C@H]32)cc1-c1ncco1. The zero-order chi connectivity index (χ0) is 17.4. The van der Waals surface area contributed by atoms with Crippen LogP contribution >= 0.6 is 0 Å². The second-order valence-corrected chi connectivity index (χ2v) is 6.55. The van der Waals surface area contributed by atoms with E-state index < -0.39 is 0 Å². The standard InChI is InChI=1S/C18H20N4O3/c1-11-4-5-12(9-14(11)17-19-6-8-25-17)21-18(24)22-7-2-3-13-15(22)10-20-16(13)23/h4-6,8-9,13,15H,2-3,7,10H2,1H3,(H,20,23)(H,21,24)/t13-,15-/m1/s1. The Balaban J connectivity index is 1.53. The molecule has 2 aromatic rings. The molecule has 0 spiro atoms. The van der Waals surface area contributed by atoms with Gasteiger partial charge in [-0.15, -0.1) is 0 Å². The third kappa shape index (κ3) is 2.86. The van der Waals surface area contributed by atoms with E-state index in [0.29, 0.717) is 24.7 Å². The molecular weight excluding hydrogens is 320 g/mol. The molecule has 0 aliphatic carbocycles. The lowest BCUT2D eigenvalue weighted by Gasteiger charge is -2.35. The summed E-state index contributed by atoms with van der Waals surface area (Å²) in [6, 6.07) is 5.42. The Morgan fingerprint density at radius 3 is 3.12 bits per heavy atom. The zero-order valence-corrected chi connectivity index (χ0v) is 14.0. The zero-order valence-electron chi connectivity index (χ0n) is 14.0. The minimum Gasteiger partial charge on any atom is -0.445 e. The number of likely N-dealkylation sites (tertiary alicyclic amines) is 1. The molecule has 25 heavy (non-hydrogen) atoms. The number of amides is 3. The largest absolute Gasteiger partial charge is 0.445 e.